The average Bonchev–Trinajstić information content (AvgIpc) is 2.14. The normalized spacial score (nSPS) is 10.6. The molecule has 0 spiro atoms. The molecule has 16 heavy (non-hydrogen) atoms. The van der Waals surface area contributed by atoms with Crippen LogP contribution in [-0.4, -0.2) is 19.8 Å². The van der Waals surface area contributed by atoms with E-state index in [1.165, 1.54) is 19.2 Å². The summed E-state index contributed by atoms with van der Waals surface area (Å²) in [5.41, 5.74) is 0.203. The van der Waals surface area contributed by atoms with E-state index in [-0.39, 0.29) is 23.8 Å². The number of hydrogen-bond acceptors (Lipinski definition) is 2. The minimum absolute atomic E-state index is 0. The molecule has 0 aliphatic heterocycles. The molecular weight excluding hydrogens is 250 g/mol. The van der Waals surface area contributed by atoms with Crippen LogP contribution >= 0.6 is 12.4 Å². The molecule has 0 saturated carbocycles. The lowest BCUT2D eigenvalue weighted by Gasteiger charge is -2.10. The number of benzene rings is 1. The van der Waals surface area contributed by atoms with Crippen LogP contribution in [0, 0.1) is 5.82 Å². The fraction of sp³-hybridized carbons (Fsp3) is 0.333. The molecule has 92 valence electrons. The van der Waals surface area contributed by atoms with Gasteiger partial charge in [-0.25, -0.2) is 4.39 Å². The Hall–Kier alpha value is -1.17. The van der Waals surface area contributed by atoms with Gasteiger partial charge in [0.25, 0.3) is 0 Å². The first kappa shape index (κ1) is 14.8. The summed E-state index contributed by atoms with van der Waals surface area (Å²) in [4.78, 5) is 0. The molecule has 1 rings (SSSR count). The Morgan fingerprint density at radius 2 is 1.94 bits per heavy atom. The number of nitrogens with one attached hydrogen (secondary N) is 1. The summed E-state index contributed by atoms with van der Waals surface area (Å²) >= 11 is 0. The minimum Gasteiger partial charge on any atom is -0.484 e. The van der Waals surface area contributed by atoms with E-state index < -0.39 is 18.6 Å². The zero-order chi connectivity index (χ0) is 11.5. The predicted molar refractivity (Wildman–Crippen MR) is 54.7 cm³/mol. The van der Waals surface area contributed by atoms with E-state index in [2.05, 4.69) is 10.1 Å². The van der Waals surface area contributed by atoms with Gasteiger partial charge in [0.2, 0.25) is 0 Å². The van der Waals surface area contributed by atoms with E-state index in [0.29, 0.717) is 0 Å². The summed E-state index contributed by atoms with van der Waals surface area (Å²) in [5.74, 6) is -0.805. The molecule has 0 saturated heterocycles. The van der Waals surface area contributed by atoms with Crippen molar-refractivity contribution in [2.75, 3.05) is 19.0 Å². The molecule has 2 nitrogen and oxygen atoms in total. The van der Waals surface area contributed by atoms with E-state index in [1.54, 1.807) is 0 Å². The fourth-order valence-electron chi connectivity index (χ4n) is 0.954. The molecule has 0 heterocycles. The van der Waals surface area contributed by atoms with E-state index in [1.807, 2.05) is 0 Å². The molecule has 7 heteroatoms. The Labute approximate surface area is 96.0 Å². The van der Waals surface area contributed by atoms with Gasteiger partial charge in [0, 0.05) is 13.1 Å². The first-order valence-electron chi connectivity index (χ1n) is 4.09. The molecule has 0 bridgehead atoms. The lowest BCUT2D eigenvalue weighted by atomic mass is 10.3. The highest BCUT2D eigenvalue weighted by Crippen LogP contribution is 2.22. The summed E-state index contributed by atoms with van der Waals surface area (Å²) in [7, 11) is 1.51. The van der Waals surface area contributed by atoms with Gasteiger partial charge in [0.1, 0.15) is 11.6 Å². The van der Waals surface area contributed by atoms with Gasteiger partial charge in [0.05, 0.1) is 5.69 Å². The summed E-state index contributed by atoms with van der Waals surface area (Å²) in [6.45, 7) is -1.43. The van der Waals surface area contributed by atoms with Crippen molar-refractivity contribution >= 4 is 18.1 Å². The Bertz CT molecular complexity index is 343. The van der Waals surface area contributed by atoms with Crippen molar-refractivity contribution in [3.8, 4) is 5.75 Å². The van der Waals surface area contributed by atoms with Gasteiger partial charge >= 0.3 is 6.18 Å². The van der Waals surface area contributed by atoms with Crippen LogP contribution in [0.25, 0.3) is 0 Å². The summed E-state index contributed by atoms with van der Waals surface area (Å²) < 4.78 is 52.7. The molecule has 0 aliphatic rings. The van der Waals surface area contributed by atoms with Crippen molar-refractivity contribution < 1.29 is 22.3 Å². The maximum Gasteiger partial charge on any atom is 0.422 e. The number of alkyl halides is 3. The quantitative estimate of drug-likeness (QED) is 0.842. The molecular formula is C9H10ClF4NO. The lowest BCUT2D eigenvalue weighted by molar-refractivity contribution is -0.153. The fourth-order valence-corrected chi connectivity index (χ4v) is 0.954. The van der Waals surface area contributed by atoms with Crippen molar-refractivity contribution in [2.45, 2.75) is 6.18 Å². The summed E-state index contributed by atoms with van der Waals surface area (Å²) in [6, 6.07) is 3.47. The highest BCUT2D eigenvalue weighted by molar-refractivity contribution is 5.85. The first-order chi connectivity index (χ1) is 6.92. The van der Waals surface area contributed by atoms with Crippen LogP contribution in [0.2, 0.25) is 0 Å². The number of halogens is 5. The summed E-state index contributed by atoms with van der Waals surface area (Å²) in [5, 5.41) is 2.54. The Balaban J connectivity index is 0.00000225. The molecule has 1 aromatic rings. The largest absolute Gasteiger partial charge is 0.484 e. The van der Waals surface area contributed by atoms with Crippen LogP contribution < -0.4 is 10.1 Å². The van der Waals surface area contributed by atoms with Gasteiger partial charge in [-0.15, -0.1) is 12.4 Å². The van der Waals surface area contributed by atoms with Crippen LogP contribution in [0.3, 0.4) is 0 Å². The Morgan fingerprint density at radius 3 is 2.38 bits per heavy atom. The van der Waals surface area contributed by atoms with Crippen LogP contribution in [0.1, 0.15) is 0 Å². The topological polar surface area (TPSA) is 21.3 Å². The van der Waals surface area contributed by atoms with Crippen LogP contribution in [0.15, 0.2) is 18.2 Å². The van der Waals surface area contributed by atoms with Gasteiger partial charge in [-0.3, -0.25) is 0 Å². The Kier molecular flexibility index (Phi) is 5.37. The van der Waals surface area contributed by atoms with Gasteiger partial charge in [-0.1, -0.05) is 0 Å². The van der Waals surface area contributed by atoms with Crippen molar-refractivity contribution in [3.05, 3.63) is 24.0 Å². The minimum atomic E-state index is -4.42. The van der Waals surface area contributed by atoms with Crippen molar-refractivity contribution in [1.29, 1.82) is 0 Å². The van der Waals surface area contributed by atoms with Gasteiger partial charge in [0.15, 0.2) is 6.61 Å². The number of anilines is 1. The third kappa shape index (κ3) is 4.57. The highest BCUT2D eigenvalue weighted by Gasteiger charge is 2.28. The predicted octanol–water partition coefficient (Wildman–Crippen LogP) is 3.23. The second-order valence-corrected chi connectivity index (χ2v) is 2.80. The van der Waals surface area contributed by atoms with E-state index in [4.69, 9.17) is 0 Å². The van der Waals surface area contributed by atoms with Crippen molar-refractivity contribution in [3.63, 3.8) is 0 Å². The van der Waals surface area contributed by atoms with Crippen LogP contribution in [0.5, 0.6) is 5.75 Å². The Morgan fingerprint density at radius 1 is 1.31 bits per heavy atom. The SMILES string of the molecule is CNc1ccc(OCC(F)(F)F)cc1F.Cl. The van der Waals surface area contributed by atoms with Gasteiger partial charge < -0.3 is 10.1 Å². The highest BCUT2D eigenvalue weighted by atomic mass is 35.5. The van der Waals surface area contributed by atoms with Crippen LogP contribution in [0.4, 0.5) is 23.2 Å². The molecule has 0 aliphatic carbocycles. The zero-order valence-electron chi connectivity index (χ0n) is 8.27. The number of hydrogen-bond donors (Lipinski definition) is 1. The maximum absolute atomic E-state index is 13.0. The van der Waals surface area contributed by atoms with Crippen LogP contribution in [-0.2, 0) is 0 Å². The van der Waals surface area contributed by atoms with Crippen molar-refractivity contribution in [2.24, 2.45) is 0 Å². The van der Waals surface area contributed by atoms with Gasteiger partial charge in [-0.05, 0) is 12.1 Å². The van der Waals surface area contributed by atoms with Crippen molar-refractivity contribution in [1.82, 2.24) is 0 Å². The smallest absolute Gasteiger partial charge is 0.422 e. The molecule has 0 fully saturated rings. The summed E-state index contributed by atoms with van der Waals surface area (Å²) in [6.07, 6.45) is -4.42. The molecule has 0 amide bonds. The molecule has 0 radical (unpaired) electrons. The second kappa shape index (κ2) is 5.79. The first-order valence-corrected chi connectivity index (χ1v) is 4.09. The van der Waals surface area contributed by atoms with Gasteiger partial charge in [-0.2, -0.15) is 13.2 Å². The average molecular weight is 260 g/mol. The molecule has 0 aromatic heterocycles. The molecule has 1 N–H and O–H groups in total. The number of ether oxygens (including phenoxy) is 1. The van der Waals surface area contributed by atoms with E-state index in [0.717, 1.165) is 6.07 Å². The van der Waals surface area contributed by atoms with E-state index >= 15 is 0 Å². The monoisotopic (exact) mass is 259 g/mol. The third-order valence-corrected chi connectivity index (χ3v) is 1.61. The zero-order valence-corrected chi connectivity index (χ0v) is 9.08. The standard InChI is InChI=1S/C9H9F4NO.ClH/c1-14-8-3-2-6(4-7(8)10)15-5-9(11,12)13;/h2-4,14H,5H2,1H3;1H. The lowest BCUT2D eigenvalue weighted by Crippen LogP contribution is -2.19. The number of rotatable bonds is 3. The molecule has 0 atom stereocenters. The molecule has 0 unspecified atom stereocenters. The maximum atomic E-state index is 13.0. The van der Waals surface area contributed by atoms with E-state index in [9.17, 15) is 17.6 Å². The third-order valence-electron chi connectivity index (χ3n) is 1.61. The second-order valence-electron chi connectivity index (χ2n) is 2.80. The molecule has 1 aromatic carbocycles.